The Kier molecular flexibility index (Phi) is 8.72. The van der Waals surface area contributed by atoms with E-state index in [9.17, 15) is 5.11 Å². The maximum Gasteiger partial charge on any atom is 0.0898 e. The number of rotatable bonds is 10. The summed E-state index contributed by atoms with van der Waals surface area (Å²) in [5.41, 5.74) is 6.92. The maximum atomic E-state index is 10.5. The second-order valence-electron chi connectivity index (χ2n) is 9.59. The Morgan fingerprint density at radius 2 is 1.73 bits per heavy atom. The molecule has 3 rings (SSSR count). The molecule has 0 amide bonds. The third kappa shape index (κ3) is 7.41. The molecule has 4 heteroatoms. The maximum absolute atomic E-state index is 10.5. The fraction of sp³-hybridized carbons (Fsp3) is 0.379. The van der Waals surface area contributed by atoms with Gasteiger partial charge in [0.05, 0.1) is 18.8 Å². The van der Waals surface area contributed by atoms with Gasteiger partial charge in [-0.3, -0.25) is 0 Å². The van der Waals surface area contributed by atoms with Crippen LogP contribution in [-0.2, 0) is 11.2 Å². The average Bonchev–Trinajstić information content (AvgIpc) is 2.79. The monoisotopic (exact) mass is 465 g/mol. The number of aliphatic hydroxyl groups is 1. The fourth-order valence-corrected chi connectivity index (χ4v) is 4.17. The van der Waals surface area contributed by atoms with Crippen molar-refractivity contribution in [2.75, 3.05) is 13.2 Å². The molecule has 0 aliphatic heterocycles. The predicted molar refractivity (Wildman–Crippen MR) is 139 cm³/mol. The minimum absolute atomic E-state index is 0.103. The first-order valence-corrected chi connectivity index (χ1v) is 12.0. The molecule has 0 bridgehead atoms. The summed E-state index contributed by atoms with van der Waals surface area (Å²) in [5.74, 6) is 0. The van der Waals surface area contributed by atoms with E-state index >= 15 is 0 Å². The Labute approximate surface area is 203 Å². The van der Waals surface area contributed by atoms with Crippen LogP contribution in [-0.4, -0.2) is 29.9 Å². The Bertz CT molecular complexity index is 1060. The molecule has 33 heavy (non-hydrogen) atoms. The molecule has 0 heterocycles. The van der Waals surface area contributed by atoms with Crippen molar-refractivity contribution in [3.05, 3.63) is 94.0 Å². The Morgan fingerprint density at radius 3 is 2.45 bits per heavy atom. The molecule has 3 aromatic rings. The van der Waals surface area contributed by atoms with Gasteiger partial charge in [0.25, 0.3) is 0 Å². The molecule has 1 unspecified atom stereocenters. The summed E-state index contributed by atoms with van der Waals surface area (Å²) in [6.45, 7) is 11.2. The molecule has 176 valence electrons. The van der Waals surface area contributed by atoms with Crippen LogP contribution >= 0.6 is 11.6 Å². The van der Waals surface area contributed by atoms with E-state index in [0.29, 0.717) is 6.54 Å². The number of nitrogens with one attached hydrogen (secondary N) is 1. The molecule has 2 N–H and O–H groups in total. The minimum atomic E-state index is -0.585. The van der Waals surface area contributed by atoms with Crippen LogP contribution in [0.3, 0.4) is 0 Å². The van der Waals surface area contributed by atoms with Crippen molar-refractivity contribution in [2.24, 2.45) is 0 Å². The van der Waals surface area contributed by atoms with E-state index < -0.39 is 6.10 Å². The van der Waals surface area contributed by atoms with Gasteiger partial charge in [0, 0.05) is 17.1 Å². The van der Waals surface area contributed by atoms with Crippen molar-refractivity contribution in [3.8, 4) is 11.1 Å². The van der Waals surface area contributed by atoms with Crippen molar-refractivity contribution in [1.29, 1.82) is 0 Å². The van der Waals surface area contributed by atoms with E-state index in [0.717, 1.165) is 22.6 Å². The summed E-state index contributed by atoms with van der Waals surface area (Å²) >= 11 is 6.14. The zero-order chi connectivity index (χ0) is 24.0. The van der Waals surface area contributed by atoms with Crippen LogP contribution < -0.4 is 5.32 Å². The van der Waals surface area contributed by atoms with Crippen molar-refractivity contribution >= 4 is 11.6 Å². The van der Waals surface area contributed by atoms with E-state index in [-0.39, 0.29) is 18.2 Å². The number of ether oxygens (including phenoxy) is 1. The lowest BCUT2D eigenvalue weighted by atomic mass is 9.94. The van der Waals surface area contributed by atoms with E-state index in [1.54, 1.807) is 0 Å². The molecule has 0 saturated carbocycles. The normalized spacial score (nSPS) is 13.7. The van der Waals surface area contributed by atoms with Crippen molar-refractivity contribution in [2.45, 2.75) is 58.8 Å². The second kappa shape index (κ2) is 11.3. The van der Waals surface area contributed by atoms with Crippen LogP contribution in [0.2, 0.25) is 5.02 Å². The van der Waals surface area contributed by atoms with Gasteiger partial charge in [-0.1, -0.05) is 66.2 Å². The SMILES string of the molecule is Cc1cc(CC(C)(C)NC[C@@H](O)COC(C)c2cccc(-c3ccccc3C)c2)ccc1Cl. The van der Waals surface area contributed by atoms with E-state index in [2.05, 4.69) is 86.8 Å². The van der Waals surface area contributed by atoms with Gasteiger partial charge in [0.1, 0.15) is 0 Å². The van der Waals surface area contributed by atoms with Crippen LogP contribution in [0.5, 0.6) is 0 Å². The van der Waals surface area contributed by atoms with Crippen molar-refractivity contribution < 1.29 is 9.84 Å². The molecule has 0 spiro atoms. The molecule has 0 radical (unpaired) electrons. The lowest BCUT2D eigenvalue weighted by Crippen LogP contribution is -2.46. The molecule has 0 aliphatic rings. The molecule has 0 aromatic heterocycles. The second-order valence-corrected chi connectivity index (χ2v) is 10.0. The number of hydrogen-bond donors (Lipinski definition) is 2. The van der Waals surface area contributed by atoms with Gasteiger partial charge in [-0.15, -0.1) is 0 Å². The first kappa shape index (κ1) is 25.5. The molecule has 0 saturated heterocycles. The number of hydrogen-bond acceptors (Lipinski definition) is 3. The third-order valence-electron chi connectivity index (χ3n) is 6.04. The molecule has 0 fully saturated rings. The van der Waals surface area contributed by atoms with Gasteiger partial charge in [0.15, 0.2) is 0 Å². The first-order chi connectivity index (χ1) is 15.6. The summed E-state index contributed by atoms with van der Waals surface area (Å²) in [6.07, 6.45) is 0.160. The number of aryl methyl sites for hydroxylation is 2. The van der Waals surface area contributed by atoms with Crippen molar-refractivity contribution in [1.82, 2.24) is 5.32 Å². The highest BCUT2D eigenvalue weighted by atomic mass is 35.5. The van der Waals surface area contributed by atoms with Gasteiger partial charge in [-0.25, -0.2) is 0 Å². The summed E-state index contributed by atoms with van der Waals surface area (Å²) in [6, 6.07) is 23.0. The number of halogens is 1. The van der Waals surface area contributed by atoms with Crippen LogP contribution in [0.15, 0.2) is 66.7 Å². The standard InChI is InChI=1S/C29H36ClNO2/c1-20-9-6-7-12-27(20)25-11-8-10-24(16-25)22(3)33-19-26(32)18-31-29(4,5)17-23-13-14-28(30)21(2)15-23/h6-16,22,26,31-32H,17-19H2,1-5H3/t22?,26-/m1/s1. The minimum Gasteiger partial charge on any atom is -0.389 e. The highest BCUT2D eigenvalue weighted by molar-refractivity contribution is 6.31. The fourth-order valence-electron chi connectivity index (χ4n) is 4.05. The van der Waals surface area contributed by atoms with Crippen LogP contribution in [0.25, 0.3) is 11.1 Å². The highest BCUT2D eigenvalue weighted by Crippen LogP contribution is 2.27. The van der Waals surface area contributed by atoms with E-state index in [4.69, 9.17) is 16.3 Å². The lowest BCUT2D eigenvalue weighted by molar-refractivity contribution is -0.00416. The quantitative estimate of drug-likeness (QED) is 0.351. The van der Waals surface area contributed by atoms with Gasteiger partial charge < -0.3 is 15.2 Å². The van der Waals surface area contributed by atoms with E-state index in [1.807, 2.05) is 19.9 Å². The average molecular weight is 466 g/mol. The van der Waals surface area contributed by atoms with Crippen LogP contribution in [0, 0.1) is 13.8 Å². The summed E-state index contributed by atoms with van der Waals surface area (Å²) < 4.78 is 6.02. The van der Waals surface area contributed by atoms with Gasteiger partial charge in [-0.05, 0) is 86.6 Å². The summed E-state index contributed by atoms with van der Waals surface area (Å²) in [5, 5.41) is 14.8. The zero-order valence-electron chi connectivity index (χ0n) is 20.4. The van der Waals surface area contributed by atoms with Gasteiger partial charge in [0.2, 0.25) is 0 Å². The topological polar surface area (TPSA) is 41.5 Å². The smallest absolute Gasteiger partial charge is 0.0898 e. The Morgan fingerprint density at radius 1 is 0.970 bits per heavy atom. The summed E-state index contributed by atoms with van der Waals surface area (Å²) in [7, 11) is 0. The largest absolute Gasteiger partial charge is 0.389 e. The third-order valence-corrected chi connectivity index (χ3v) is 6.46. The molecule has 3 nitrogen and oxygen atoms in total. The van der Waals surface area contributed by atoms with E-state index in [1.165, 1.54) is 22.3 Å². The van der Waals surface area contributed by atoms with Crippen LogP contribution in [0.4, 0.5) is 0 Å². The molecule has 0 aliphatic carbocycles. The first-order valence-electron chi connectivity index (χ1n) is 11.6. The highest BCUT2D eigenvalue weighted by Gasteiger charge is 2.20. The van der Waals surface area contributed by atoms with Crippen LogP contribution in [0.1, 0.15) is 49.1 Å². The molecule has 2 atom stereocenters. The summed E-state index contributed by atoms with van der Waals surface area (Å²) in [4.78, 5) is 0. The van der Waals surface area contributed by atoms with Gasteiger partial charge in [-0.2, -0.15) is 0 Å². The Balaban J connectivity index is 1.51. The van der Waals surface area contributed by atoms with Gasteiger partial charge >= 0.3 is 0 Å². The lowest BCUT2D eigenvalue weighted by Gasteiger charge is -2.28. The number of β-amino-alcohol motifs (C(OH)–C–C–N with tert-alkyl or cyclic N) is 1. The molecule has 3 aromatic carbocycles. The molecular weight excluding hydrogens is 430 g/mol. The molecular formula is C29H36ClNO2. The zero-order valence-corrected chi connectivity index (χ0v) is 21.1. The predicted octanol–water partition coefficient (Wildman–Crippen LogP) is 6.67. The Hall–Kier alpha value is -2.17. The number of aliphatic hydroxyl groups excluding tert-OH is 1. The van der Waals surface area contributed by atoms with Crippen molar-refractivity contribution in [3.63, 3.8) is 0 Å². The number of benzene rings is 3.